The van der Waals surface area contributed by atoms with E-state index in [1.165, 1.54) is 0 Å². The lowest BCUT2D eigenvalue weighted by atomic mass is 10.0. The number of fused-ring (bicyclic) bond motifs is 1. The fourth-order valence-corrected chi connectivity index (χ4v) is 2.43. The molecule has 1 saturated heterocycles. The quantitative estimate of drug-likeness (QED) is 0.859. The van der Waals surface area contributed by atoms with Crippen LogP contribution >= 0.6 is 0 Å². The van der Waals surface area contributed by atoms with Crippen LogP contribution < -0.4 is 5.32 Å². The Balaban J connectivity index is 1.85. The minimum Gasteiger partial charge on any atom is -0.389 e. The second kappa shape index (κ2) is 5.56. The molecule has 1 fully saturated rings. The van der Waals surface area contributed by atoms with E-state index in [2.05, 4.69) is 10.3 Å². The smallest absolute Gasteiger partial charge is 0.252 e. The van der Waals surface area contributed by atoms with E-state index in [0.717, 1.165) is 10.9 Å². The molecule has 2 N–H and O–H groups in total. The molecule has 0 saturated carbocycles. The van der Waals surface area contributed by atoms with E-state index in [9.17, 15) is 9.90 Å². The second-order valence-electron chi connectivity index (χ2n) is 4.89. The highest BCUT2D eigenvalue weighted by molar-refractivity contribution is 6.06. The molecule has 0 spiro atoms. The summed E-state index contributed by atoms with van der Waals surface area (Å²) in [5.41, 5.74) is 1.36. The van der Waals surface area contributed by atoms with Gasteiger partial charge in [-0.05, 0) is 18.6 Å². The van der Waals surface area contributed by atoms with Gasteiger partial charge in [0.05, 0.1) is 29.8 Å². The third-order valence-electron chi connectivity index (χ3n) is 3.54. The largest absolute Gasteiger partial charge is 0.389 e. The third kappa shape index (κ3) is 2.50. The number of hydrogen-bond acceptors (Lipinski definition) is 4. The summed E-state index contributed by atoms with van der Waals surface area (Å²) in [6.45, 7) is 0.821. The number of rotatable bonds is 2. The summed E-state index contributed by atoms with van der Waals surface area (Å²) in [7, 11) is 0. The molecule has 2 heterocycles. The van der Waals surface area contributed by atoms with Crippen molar-refractivity contribution in [2.45, 2.75) is 18.6 Å². The summed E-state index contributed by atoms with van der Waals surface area (Å²) >= 11 is 0. The number of amides is 1. The number of aromatic nitrogens is 1. The van der Waals surface area contributed by atoms with E-state index >= 15 is 0 Å². The number of aliphatic hydroxyl groups is 1. The predicted octanol–water partition coefficient (Wildman–Crippen LogP) is 1.11. The number of nitrogens with one attached hydrogen (secondary N) is 1. The summed E-state index contributed by atoms with van der Waals surface area (Å²) < 4.78 is 5.16. The normalized spacial score (nSPS) is 22.6. The lowest BCUT2D eigenvalue weighted by molar-refractivity contribution is -0.0260. The first-order valence-corrected chi connectivity index (χ1v) is 6.66. The van der Waals surface area contributed by atoms with Crippen LogP contribution in [0.15, 0.2) is 36.5 Å². The van der Waals surface area contributed by atoms with Crippen LogP contribution in [0.5, 0.6) is 0 Å². The van der Waals surface area contributed by atoms with Gasteiger partial charge in [-0.2, -0.15) is 0 Å². The number of benzene rings is 1. The van der Waals surface area contributed by atoms with Crippen LogP contribution in [0.3, 0.4) is 0 Å². The molecule has 1 aromatic carbocycles. The summed E-state index contributed by atoms with van der Waals surface area (Å²) in [6, 6.07) is 8.95. The van der Waals surface area contributed by atoms with E-state index in [4.69, 9.17) is 4.74 Å². The Labute approximate surface area is 116 Å². The molecule has 0 unspecified atom stereocenters. The van der Waals surface area contributed by atoms with E-state index in [1.54, 1.807) is 12.3 Å². The van der Waals surface area contributed by atoms with Crippen molar-refractivity contribution in [3.8, 4) is 0 Å². The van der Waals surface area contributed by atoms with Crippen molar-refractivity contribution in [1.82, 2.24) is 10.3 Å². The zero-order valence-electron chi connectivity index (χ0n) is 11.0. The van der Waals surface area contributed by atoms with Crippen molar-refractivity contribution in [2.75, 3.05) is 13.2 Å². The topological polar surface area (TPSA) is 71.5 Å². The highest BCUT2D eigenvalue weighted by Crippen LogP contribution is 2.17. The van der Waals surface area contributed by atoms with E-state index < -0.39 is 6.10 Å². The number of aliphatic hydroxyl groups excluding tert-OH is 1. The van der Waals surface area contributed by atoms with Crippen molar-refractivity contribution in [2.24, 2.45) is 0 Å². The number of pyridine rings is 1. The molecule has 1 aliphatic heterocycles. The summed E-state index contributed by atoms with van der Waals surface area (Å²) in [6.07, 6.45) is 1.59. The van der Waals surface area contributed by atoms with Gasteiger partial charge in [0.2, 0.25) is 0 Å². The zero-order valence-corrected chi connectivity index (χ0v) is 11.0. The van der Waals surface area contributed by atoms with E-state index in [0.29, 0.717) is 18.6 Å². The molecule has 0 aliphatic carbocycles. The second-order valence-corrected chi connectivity index (χ2v) is 4.89. The molecular weight excluding hydrogens is 256 g/mol. The van der Waals surface area contributed by atoms with Crippen LogP contribution in [0.1, 0.15) is 16.8 Å². The van der Waals surface area contributed by atoms with Gasteiger partial charge in [-0.15, -0.1) is 0 Å². The predicted molar refractivity (Wildman–Crippen MR) is 74.4 cm³/mol. The maximum absolute atomic E-state index is 12.4. The van der Waals surface area contributed by atoms with Crippen molar-refractivity contribution >= 4 is 16.8 Å². The fraction of sp³-hybridized carbons (Fsp3) is 0.333. The molecule has 2 atom stereocenters. The Kier molecular flexibility index (Phi) is 3.62. The van der Waals surface area contributed by atoms with Crippen molar-refractivity contribution in [3.05, 3.63) is 42.1 Å². The highest BCUT2D eigenvalue weighted by atomic mass is 16.5. The Morgan fingerprint density at radius 2 is 2.20 bits per heavy atom. The zero-order chi connectivity index (χ0) is 13.9. The molecule has 5 heteroatoms. The van der Waals surface area contributed by atoms with Crippen LogP contribution in [-0.2, 0) is 4.74 Å². The van der Waals surface area contributed by atoms with Gasteiger partial charge in [0.25, 0.3) is 5.91 Å². The van der Waals surface area contributed by atoms with Crippen LogP contribution in [0.25, 0.3) is 10.9 Å². The first kappa shape index (κ1) is 13.0. The van der Waals surface area contributed by atoms with Crippen molar-refractivity contribution < 1.29 is 14.6 Å². The molecular formula is C15H16N2O3. The lowest BCUT2D eigenvalue weighted by Crippen LogP contribution is -2.48. The third-order valence-corrected chi connectivity index (χ3v) is 3.54. The Morgan fingerprint density at radius 1 is 1.35 bits per heavy atom. The molecule has 2 aromatic rings. The van der Waals surface area contributed by atoms with Gasteiger partial charge in [0.1, 0.15) is 0 Å². The number of nitrogens with zero attached hydrogens (tertiary/aromatic N) is 1. The number of ether oxygens (including phenoxy) is 1. The SMILES string of the molecule is O=C(N[C@@H]1CCOC[C@H]1O)c1ccnc2ccccc12. The van der Waals surface area contributed by atoms with Gasteiger partial charge in [0, 0.05) is 18.2 Å². The number of carbonyl (C=O) groups excluding carboxylic acids is 1. The number of para-hydroxylation sites is 1. The Bertz CT molecular complexity index is 624. The number of carbonyl (C=O) groups is 1. The van der Waals surface area contributed by atoms with Crippen LogP contribution in [0.4, 0.5) is 0 Å². The van der Waals surface area contributed by atoms with Crippen LogP contribution in [0.2, 0.25) is 0 Å². The molecule has 1 aromatic heterocycles. The molecule has 104 valence electrons. The summed E-state index contributed by atoms with van der Waals surface area (Å²) in [4.78, 5) is 16.6. The van der Waals surface area contributed by atoms with Gasteiger partial charge in [-0.3, -0.25) is 9.78 Å². The average Bonchev–Trinajstić information content (AvgIpc) is 2.49. The monoisotopic (exact) mass is 272 g/mol. The first-order valence-electron chi connectivity index (χ1n) is 6.66. The Hall–Kier alpha value is -1.98. The maximum Gasteiger partial charge on any atom is 0.252 e. The van der Waals surface area contributed by atoms with Crippen molar-refractivity contribution in [3.63, 3.8) is 0 Å². The molecule has 1 amide bonds. The minimum atomic E-state index is -0.652. The average molecular weight is 272 g/mol. The lowest BCUT2D eigenvalue weighted by Gasteiger charge is -2.28. The minimum absolute atomic E-state index is 0.186. The van der Waals surface area contributed by atoms with Gasteiger partial charge in [-0.25, -0.2) is 0 Å². The molecule has 0 bridgehead atoms. The first-order chi connectivity index (χ1) is 9.75. The Morgan fingerprint density at radius 3 is 3.05 bits per heavy atom. The molecule has 3 rings (SSSR count). The van der Waals surface area contributed by atoms with Gasteiger partial charge >= 0.3 is 0 Å². The molecule has 20 heavy (non-hydrogen) atoms. The van der Waals surface area contributed by atoms with E-state index in [-0.39, 0.29) is 18.6 Å². The molecule has 5 nitrogen and oxygen atoms in total. The van der Waals surface area contributed by atoms with Crippen LogP contribution in [0, 0.1) is 0 Å². The standard InChI is InChI=1S/C15H16N2O3/c18-14-9-20-8-6-13(14)17-15(19)11-5-7-16-12-4-2-1-3-10(11)12/h1-5,7,13-14,18H,6,8-9H2,(H,17,19)/t13-,14-/m1/s1. The van der Waals surface area contributed by atoms with Gasteiger partial charge in [-0.1, -0.05) is 18.2 Å². The van der Waals surface area contributed by atoms with Crippen molar-refractivity contribution in [1.29, 1.82) is 0 Å². The van der Waals surface area contributed by atoms with E-state index in [1.807, 2.05) is 24.3 Å². The van der Waals surface area contributed by atoms with Crippen LogP contribution in [-0.4, -0.2) is 41.4 Å². The summed E-state index contributed by atoms with van der Waals surface area (Å²) in [5.74, 6) is -0.186. The van der Waals surface area contributed by atoms with Gasteiger partial charge in [0.15, 0.2) is 0 Å². The number of hydrogen-bond donors (Lipinski definition) is 2. The summed E-state index contributed by atoms with van der Waals surface area (Å²) in [5, 5.41) is 13.5. The fourth-order valence-electron chi connectivity index (χ4n) is 2.43. The molecule has 1 aliphatic rings. The highest BCUT2D eigenvalue weighted by Gasteiger charge is 2.25. The van der Waals surface area contributed by atoms with Gasteiger partial charge < -0.3 is 15.2 Å². The molecule has 0 radical (unpaired) electrons. The maximum atomic E-state index is 12.4.